The predicted octanol–water partition coefficient (Wildman–Crippen LogP) is 2.81. The first kappa shape index (κ1) is 8.97. The van der Waals surface area contributed by atoms with Gasteiger partial charge in [0.25, 0.3) is 0 Å². The van der Waals surface area contributed by atoms with Crippen molar-refractivity contribution in [3.63, 3.8) is 0 Å². The average Bonchev–Trinajstić information content (AvgIpc) is 2.67. The number of aromatic nitrogens is 1. The summed E-state index contributed by atoms with van der Waals surface area (Å²) < 4.78 is 4.75. The fourth-order valence-corrected chi connectivity index (χ4v) is 1.23. The average molecular weight is 208 g/mol. The molecular formula is C10H6ClNO2. The third-order valence-electron chi connectivity index (χ3n) is 1.78. The van der Waals surface area contributed by atoms with Crippen LogP contribution in [0.3, 0.4) is 0 Å². The van der Waals surface area contributed by atoms with Crippen LogP contribution < -0.4 is 0 Å². The Balaban J connectivity index is 2.39. The van der Waals surface area contributed by atoms with Crippen LogP contribution in [0.4, 0.5) is 0 Å². The van der Waals surface area contributed by atoms with Crippen LogP contribution in [0.2, 0.25) is 5.02 Å². The van der Waals surface area contributed by atoms with Crippen molar-refractivity contribution in [1.29, 1.82) is 0 Å². The van der Waals surface area contributed by atoms with E-state index in [2.05, 4.69) is 5.16 Å². The normalized spacial score (nSPS) is 10.1. The van der Waals surface area contributed by atoms with E-state index in [0.29, 0.717) is 17.0 Å². The van der Waals surface area contributed by atoms with Gasteiger partial charge in [0.2, 0.25) is 0 Å². The minimum atomic E-state index is 0.218. The fraction of sp³-hybridized carbons (Fsp3) is 0. The van der Waals surface area contributed by atoms with E-state index in [1.165, 1.54) is 0 Å². The minimum absolute atomic E-state index is 0.218. The van der Waals surface area contributed by atoms with Crippen molar-refractivity contribution in [2.75, 3.05) is 0 Å². The van der Waals surface area contributed by atoms with Gasteiger partial charge in [0.05, 0.1) is 0 Å². The smallest absolute Gasteiger partial charge is 0.199 e. The standard InChI is InChI=1S/C10H6ClNO2/c11-8-3-1-7(2-4-8)10-5-9(6-13)14-12-10/h1-6H. The van der Waals surface area contributed by atoms with Gasteiger partial charge < -0.3 is 4.52 Å². The Labute approximate surface area is 85.3 Å². The molecule has 0 atom stereocenters. The molecule has 0 aliphatic carbocycles. The summed E-state index contributed by atoms with van der Waals surface area (Å²) in [6.07, 6.45) is 0.617. The second kappa shape index (κ2) is 3.64. The Kier molecular flexibility index (Phi) is 2.33. The van der Waals surface area contributed by atoms with E-state index in [-0.39, 0.29) is 5.76 Å². The summed E-state index contributed by atoms with van der Waals surface area (Å²) in [7, 11) is 0. The van der Waals surface area contributed by atoms with Gasteiger partial charge >= 0.3 is 0 Å². The van der Waals surface area contributed by atoms with Crippen LogP contribution in [0.15, 0.2) is 34.9 Å². The third-order valence-corrected chi connectivity index (χ3v) is 2.04. The van der Waals surface area contributed by atoms with E-state index in [9.17, 15) is 4.79 Å². The molecule has 70 valence electrons. The highest BCUT2D eigenvalue weighted by atomic mass is 35.5. The van der Waals surface area contributed by atoms with Crippen LogP contribution in [-0.2, 0) is 0 Å². The maximum Gasteiger partial charge on any atom is 0.199 e. The van der Waals surface area contributed by atoms with Crippen LogP contribution in [0.25, 0.3) is 11.3 Å². The van der Waals surface area contributed by atoms with Gasteiger partial charge in [-0.25, -0.2) is 0 Å². The molecule has 0 fully saturated rings. The van der Waals surface area contributed by atoms with Crippen molar-refractivity contribution in [2.24, 2.45) is 0 Å². The van der Waals surface area contributed by atoms with E-state index in [4.69, 9.17) is 16.1 Å². The summed E-state index contributed by atoms with van der Waals surface area (Å²) in [6.45, 7) is 0. The maximum absolute atomic E-state index is 10.4. The molecule has 0 aliphatic rings. The van der Waals surface area contributed by atoms with Gasteiger partial charge in [0, 0.05) is 16.7 Å². The lowest BCUT2D eigenvalue weighted by molar-refractivity contribution is 0.109. The number of halogens is 1. The van der Waals surface area contributed by atoms with Gasteiger partial charge in [-0.3, -0.25) is 4.79 Å². The molecule has 0 saturated carbocycles. The molecule has 0 radical (unpaired) electrons. The molecule has 1 aromatic carbocycles. The van der Waals surface area contributed by atoms with E-state index in [0.717, 1.165) is 5.56 Å². The minimum Gasteiger partial charge on any atom is -0.353 e. The Morgan fingerprint density at radius 2 is 2.00 bits per heavy atom. The van der Waals surface area contributed by atoms with Gasteiger partial charge in [0.15, 0.2) is 12.0 Å². The van der Waals surface area contributed by atoms with Crippen LogP contribution in [0.5, 0.6) is 0 Å². The van der Waals surface area contributed by atoms with Gasteiger partial charge in [-0.2, -0.15) is 0 Å². The first-order valence-electron chi connectivity index (χ1n) is 3.97. The van der Waals surface area contributed by atoms with Gasteiger partial charge in [0.1, 0.15) is 5.69 Å². The summed E-state index contributed by atoms with van der Waals surface area (Å²) >= 11 is 5.73. The molecule has 0 N–H and O–H groups in total. The number of benzene rings is 1. The highest BCUT2D eigenvalue weighted by Gasteiger charge is 2.04. The lowest BCUT2D eigenvalue weighted by Gasteiger charge is -1.93. The molecule has 0 unspecified atom stereocenters. The molecular weight excluding hydrogens is 202 g/mol. The molecule has 1 aromatic heterocycles. The Bertz CT molecular complexity index is 447. The highest BCUT2D eigenvalue weighted by molar-refractivity contribution is 6.30. The molecule has 2 rings (SSSR count). The molecule has 1 heterocycles. The molecule has 0 bridgehead atoms. The monoisotopic (exact) mass is 207 g/mol. The topological polar surface area (TPSA) is 43.1 Å². The van der Waals surface area contributed by atoms with Crippen molar-refractivity contribution in [1.82, 2.24) is 5.16 Å². The van der Waals surface area contributed by atoms with Crippen molar-refractivity contribution in [3.8, 4) is 11.3 Å². The number of hydrogen-bond acceptors (Lipinski definition) is 3. The van der Waals surface area contributed by atoms with Crippen molar-refractivity contribution in [2.45, 2.75) is 0 Å². The summed E-state index contributed by atoms with van der Waals surface area (Å²) in [6, 6.07) is 8.72. The third kappa shape index (κ3) is 1.67. The summed E-state index contributed by atoms with van der Waals surface area (Å²) in [5, 5.41) is 4.40. The zero-order valence-electron chi connectivity index (χ0n) is 7.11. The van der Waals surface area contributed by atoms with E-state index in [1.807, 2.05) is 12.1 Å². The summed E-state index contributed by atoms with van der Waals surface area (Å²) in [5.41, 5.74) is 1.50. The Hall–Kier alpha value is -1.61. The van der Waals surface area contributed by atoms with E-state index < -0.39 is 0 Å². The summed E-state index contributed by atoms with van der Waals surface area (Å²) in [4.78, 5) is 10.4. The first-order valence-corrected chi connectivity index (χ1v) is 4.35. The molecule has 14 heavy (non-hydrogen) atoms. The maximum atomic E-state index is 10.4. The molecule has 0 spiro atoms. The number of hydrogen-bond donors (Lipinski definition) is 0. The van der Waals surface area contributed by atoms with Crippen molar-refractivity contribution < 1.29 is 9.32 Å². The largest absolute Gasteiger partial charge is 0.353 e. The lowest BCUT2D eigenvalue weighted by Crippen LogP contribution is -1.75. The first-order chi connectivity index (χ1) is 6.79. The zero-order valence-corrected chi connectivity index (χ0v) is 7.86. The lowest BCUT2D eigenvalue weighted by atomic mass is 10.1. The van der Waals surface area contributed by atoms with E-state index in [1.54, 1.807) is 18.2 Å². The zero-order chi connectivity index (χ0) is 9.97. The van der Waals surface area contributed by atoms with Crippen LogP contribution in [0, 0.1) is 0 Å². The Morgan fingerprint density at radius 1 is 1.29 bits per heavy atom. The second-order valence-electron chi connectivity index (χ2n) is 2.74. The molecule has 3 nitrogen and oxygen atoms in total. The summed E-state index contributed by atoms with van der Waals surface area (Å²) in [5.74, 6) is 0.218. The van der Waals surface area contributed by atoms with Gasteiger partial charge in [-0.1, -0.05) is 28.9 Å². The molecule has 4 heteroatoms. The molecule has 2 aromatic rings. The second-order valence-corrected chi connectivity index (χ2v) is 3.18. The molecule has 0 saturated heterocycles. The van der Waals surface area contributed by atoms with Crippen molar-refractivity contribution in [3.05, 3.63) is 41.1 Å². The molecule has 0 amide bonds. The number of aldehydes is 1. The van der Waals surface area contributed by atoms with Crippen molar-refractivity contribution >= 4 is 17.9 Å². The van der Waals surface area contributed by atoms with Gasteiger partial charge in [-0.15, -0.1) is 0 Å². The number of carbonyl (C=O) groups is 1. The van der Waals surface area contributed by atoms with Crippen LogP contribution in [-0.4, -0.2) is 11.4 Å². The SMILES string of the molecule is O=Cc1cc(-c2ccc(Cl)cc2)no1. The van der Waals surface area contributed by atoms with E-state index >= 15 is 0 Å². The number of rotatable bonds is 2. The highest BCUT2D eigenvalue weighted by Crippen LogP contribution is 2.20. The number of carbonyl (C=O) groups excluding carboxylic acids is 1. The predicted molar refractivity (Wildman–Crippen MR) is 52.3 cm³/mol. The van der Waals surface area contributed by atoms with Crippen LogP contribution >= 0.6 is 11.6 Å². The fourth-order valence-electron chi connectivity index (χ4n) is 1.10. The Morgan fingerprint density at radius 3 is 2.57 bits per heavy atom. The van der Waals surface area contributed by atoms with Crippen LogP contribution in [0.1, 0.15) is 10.6 Å². The van der Waals surface area contributed by atoms with Gasteiger partial charge in [-0.05, 0) is 12.1 Å². The molecule has 0 aliphatic heterocycles. The quantitative estimate of drug-likeness (QED) is 0.712. The number of nitrogens with zero attached hydrogens (tertiary/aromatic N) is 1.